The number of ketones is 1. The second-order valence-electron chi connectivity index (χ2n) is 4.81. The highest BCUT2D eigenvalue weighted by atomic mass is 16.1. The van der Waals surface area contributed by atoms with Gasteiger partial charge in [-0.25, -0.2) is 0 Å². The normalized spacial score (nSPS) is 8.70. The molecule has 0 spiro atoms. The van der Waals surface area contributed by atoms with Crippen molar-refractivity contribution in [3.05, 3.63) is 76.0 Å². The molecule has 0 atom stereocenters. The van der Waals surface area contributed by atoms with Crippen LogP contribution in [0, 0.1) is 0 Å². The number of carbonyl (C=O) groups excluding carboxylic acids is 1. The Balaban J connectivity index is 0. The number of aromatic nitrogens is 2. The largest absolute Gasteiger partial charge is 0.326 e. The van der Waals surface area contributed by atoms with Gasteiger partial charge in [-0.3, -0.25) is 9.59 Å². The summed E-state index contributed by atoms with van der Waals surface area (Å²) in [6.45, 7) is 13.6. The predicted molar refractivity (Wildman–Crippen MR) is 118 cm³/mol. The third-order valence-electron chi connectivity index (χ3n) is 3.38. The van der Waals surface area contributed by atoms with Crippen LogP contribution in [-0.4, -0.2) is 15.2 Å². The maximum Gasteiger partial charge on any atom is 0.272 e. The highest BCUT2D eigenvalue weighted by Gasteiger charge is 2.06. The van der Waals surface area contributed by atoms with Gasteiger partial charge in [0, 0.05) is 30.1 Å². The fourth-order valence-electron chi connectivity index (χ4n) is 2.35. The van der Waals surface area contributed by atoms with Crippen molar-refractivity contribution in [1.29, 1.82) is 0 Å². The Labute approximate surface area is 164 Å². The number of nitrogens with one attached hydrogen (secondary N) is 1. The lowest BCUT2D eigenvalue weighted by Crippen LogP contribution is -2.11. The van der Waals surface area contributed by atoms with E-state index in [1.165, 1.54) is 0 Å². The number of fused-ring (bicyclic) bond motifs is 1. The van der Waals surface area contributed by atoms with E-state index in [4.69, 9.17) is 0 Å². The molecule has 0 aliphatic rings. The van der Waals surface area contributed by atoms with Crippen molar-refractivity contribution in [3.63, 3.8) is 0 Å². The summed E-state index contributed by atoms with van der Waals surface area (Å²) in [5.41, 5.74) is 3.25. The summed E-state index contributed by atoms with van der Waals surface area (Å²) in [5, 5.41) is 0. The molecule has 0 unspecified atom stereocenters. The van der Waals surface area contributed by atoms with Gasteiger partial charge in [-0.2, -0.15) is 0 Å². The lowest BCUT2D eigenvalue weighted by molar-refractivity contribution is 0.101. The van der Waals surface area contributed by atoms with Gasteiger partial charge in [-0.05, 0) is 30.7 Å². The van der Waals surface area contributed by atoms with Gasteiger partial charge >= 0.3 is 0 Å². The maximum atomic E-state index is 11.7. The van der Waals surface area contributed by atoms with Crippen molar-refractivity contribution < 1.29 is 4.79 Å². The van der Waals surface area contributed by atoms with Gasteiger partial charge in [0.2, 0.25) is 0 Å². The van der Waals surface area contributed by atoms with E-state index in [1.807, 2.05) is 82.5 Å². The Bertz CT molecular complexity index is 845. The second-order valence-corrected chi connectivity index (χ2v) is 4.81. The maximum absolute atomic E-state index is 11.7. The average molecular weight is 373 g/mol. The van der Waals surface area contributed by atoms with Crippen LogP contribution in [0.3, 0.4) is 0 Å². The Morgan fingerprint density at radius 3 is 2.22 bits per heavy atom. The molecule has 1 aromatic carbocycles. The van der Waals surface area contributed by atoms with E-state index >= 15 is 0 Å². The average Bonchev–Trinajstić information content (AvgIpc) is 3.20. The SMILES string of the molecule is C.CC.CC.CC.CC(=O)c1cccc(Cc2c[nH]c(=O)c3cccn23)c1. The summed E-state index contributed by atoms with van der Waals surface area (Å²) in [5.74, 6) is 0.0550. The lowest BCUT2D eigenvalue weighted by atomic mass is 10.0. The third-order valence-corrected chi connectivity index (χ3v) is 3.38. The van der Waals surface area contributed by atoms with Crippen LogP contribution in [0.15, 0.2) is 53.6 Å². The van der Waals surface area contributed by atoms with Gasteiger partial charge in [0.25, 0.3) is 5.56 Å². The first-order valence-electron chi connectivity index (χ1n) is 9.42. The number of nitrogens with zero attached hydrogens (tertiary/aromatic N) is 1. The molecule has 3 aromatic rings. The quantitative estimate of drug-likeness (QED) is 0.562. The molecule has 4 nitrogen and oxygen atoms in total. The molecule has 2 aromatic heterocycles. The summed E-state index contributed by atoms with van der Waals surface area (Å²) in [6, 6.07) is 11.2. The minimum atomic E-state index is -0.101. The molecule has 1 N–H and O–H groups in total. The van der Waals surface area contributed by atoms with Crippen LogP contribution < -0.4 is 5.56 Å². The first-order chi connectivity index (χ1) is 12.6. The smallest absolute Gasteiger partial charge is 0.272 e. The van der Waals surface area contributed by atoms with Gasteiger partial charge in [-0.1, -0.05) is 67.2 Å². The minimum Gasteiger partial charge on any atom is -0.326 e. The number of carbonyl (C=O) groups is 1. The van der Waals surface area contributed by atoms with Crippen molar-refractivity contribution >= 4 is 11.3 Å². The molecular formula is C23H36N2O2. The summed E-state index contributed by atoms with van der Waals surface area (Å²) in [6.07, 6.45) is 4.24. The zero-order valence-electron chi connectivity index (χ0n) is 17.1. The summed E-state index contributed by atoms with van der Waals surface area (Å²) in [4.78, 5) is 25.8. The van der Waals surface area contributed by atoms with E-state index in [9.17, 15) is 9.59 Å². The van der Waals surface area contributed by atoms with Crippen LogP contribution in [0.1, 0.15) is 77.5 Å². The van der Waals surface area contributed by atoms with E-state index in [1.54, 1.807) is 19.2 Å². The summed E-state index contributed by atoms with van der Waals surface area (Å²) < 4.78 is 1.87. The monoisotopic (exact) mass is 372 g/mol. The molecule has 0 aliphatic heterocycles. The molecule has 0 fully saturated rings. The van der Waals surface area contributed by atoms with Crippen molar-refractivity contribution in [2.24, 2.45) is 0 Å². The molecule has 0 amide bonds. The van der Waals surface area contributed by atoms with Crippen LogP contribution in [0.5, 0.6) is 0 Å². The molecule has 0 saturated heterocycles. The zero-order valence-corrected chi connectivity index (χ0v) is 17.1. The van der Waals surface area contributed by atoms with E-state index in [0.29, 0.717) is 17.5 Å². The fraction of sp³-hybridized carbons (Fsp3) is 0.391. The van der Waals surface area contributed by atoms with Gasteiger partial charge in [0.15, 0.2) is 5.78 Å². The van der Waals surface area contributed by atoms with Crippen molar-refractivity contribution in [3.8, 4) is 0 Å². The Hall–Kier alpha value is -2.62. The fourth-order valence-corrected chi connectivity index (χ4v) is 2.35. The van der Waals surface area contributed by atoms with E-state index in [0.717, 1.165) is 11.3 Å². The van der Waals surface area contributed by atoms with Crippen molar-refractivity contribution in [2.45, 2.75) is 62.3 Å². The number of rotatable bonds is 3. The lowest BCUT2D eigenvalue weighted by Gasteiger charge is -2.07. The molecule has 4 heteroatoms. The molecule has 0 bridgehead atoms. The summed E-state index contributed by atoms with van der Waals surface area (Å²) >= 11 is 0. The van der Waals surface area contributed by atoms with Gasteiger partial charge < -0.3 is 9.38 Å². The number of H-pyrrole nitrogens is 1. The predicted octanol–water partition coefficient (Wildman–Crippen LogP) is 6.14. The molecule has 3 rings (SSSR count). The Kier molecular flexibility index (Phi) is 14.3. The number of hydrogen-bond donors (Lipinski definition) is 1. The Morgan fingerprint density at radius 2 is 1.63 bits per heavy atom. The number of benzene rings is 1. The molecule has 150 valence electrons. The Morgan fingerprint density at radius 1 is 1.00 bits per heavy atom. The van der Waals surface area contributed by atoms with Crippen molar-refractivity contribution in [1.82, 2.24) is 9.38 Å². The molecule has 0 radical (unpaired) electrons. The van der Waals surface area contributed by atoms with Crippen LogP contribution in [-0.2, 0) is 6.42 Å². The highest BCUT2D eigenvalue weighted by Crippen LogP contribution is 2.12. The first kappa shape index (κ1) is 26.6. The number of Topliss-reactive ketones (excluding diaryl/α,β-unsaturated/α-hetero) is 1. The molecule has 0 aliphatic carbocycles. The standard InChI is InChI=1S/C16H14N2O2.3C2H6.CH4/c1-11(19)13-5-2-4-12(8-13)9-14-10-17-16(20)15-6-3-7-18(14)15;3*1-2;/h2-8,10H,9H2,1H3,(H,17,20);3*1-2H3;1H4. The van der Waals surface area contributed by atoms with Gasteiger partial charge in [0.05, 0.1) is 0 Å². The molecule has 27 heavy (non-hydrogen) atoms. The zero-order chi connectivity index (χ0) is 20.1. The summed E-state index contributed by atoms with van der Waals surface area (Å²) in [7, 11) is 0. The minimum absolute atomic E-state index is 0. The van der Waals surface area contributed by atoms with E-state index in [-0.39, 0.29) is 18.8 Å². The van der Waals surface area contributed by atoms with E-state index < -0.39 is 0 Å². The van der Waals surface area contributed by atoms with E-state index in [2.05, 4.69) is 4.98 Å². The van der Waals surface area contributed by atoms with Crippen LogP contribution in [0.25, 0.3) is 5.52 Å². The second kappa shape index (κ2) is 14.5. The molecular weight excluding hydrogens is 336 g/mol. The first-order valence-corrected chi connectivity index (χ1v) is 9.42. The molecule has 0 saturated carbocycles. The van der Waals surface area contributed by atoms with Crippen LogP contribution >= 0.6 is 0 Å². The van der Waals surface area contributed by atoms with Gasteiger partial charge in [0.1, 0.15) is 5.52 Å². The number of hydrogen-bond acceptors (Lipinski definition) is 2. The van der Waals surface area contributed by atoms with Crippen LogP contribution in [0.2, 0.25) is 0 Å². The molecule has 2 heterocycles. The van der Waals surface area contributed by atoms with Crippen LogP contribution in [0.4, 0.5) is 0 Å². The number of aromatic amines is 1. The van der Waals surface area contributed by atoms with Crippen molar-refractivity contribution in [2.75, 3.05) is 0 Å². The highest BCUT2D eigenvalue weighted by molar-refractivity contribution is 5.94. The van der Waals surface area contributed by atoms with Gasteiger partial charge in [-0.15, -0.1) is 0 Å². The topological polar surface area (TPSA) is 54.3 Å². The third kappa shape index (κ3) is 7.26.